The van der Waals surface area contributed by atoms with Crippen LogP contribution in [-0.4, -0.2) is 9.78 Å². The first-order valence-corrected chi connectivity index (χ1v) is 7.50. The molecular weight excluding hydrogens is 278 g/mol. The monoisotopic (exact) mass is 295 g/mol. The highest BCUT2D eigenvalue weighted by atomic mass is 79.9. The van der Waals surface area contributed by atoms with Crippen molar-refractivity contribution in [3.8, 4) is 0 Å². The minimum atomic E-state index is 0.622. The molecule has 2 N–H and O–H groups in total. The van der Waals surface area contributed by atoms with Crippen LogP contribution in [-0.2, 0) is 0 Å². The topological polar surface area (TPSA) is 43.8 Å². The number of hydrogen-bond acceptors (Lipinski definition) is 2. The van der Waals surface area contributed by atoms with E-state index in [-0.39, 0.29) is 0 Å². The first kappa shape index (κ1) is 10.4. The van der Waals surface area contributed by atoms with Crippen LogP contribution in [0.1, 0.15) is 38.1 Å². The summed E-state index contributed by atoms with van der Waals surface area (Å²) in [5.41, 5.74) is 5.85. The molecule has 0 saturated heterocycles. The standard InChI is InChI=1S/C13H18BrN3/c14-11-6-17(16-13(11)15)12-9-2-7-1-8(4-9)5-10(12)3-7/h6-10,12H,1-5H2,(H2,15,16). The Bertz CT molecular complexity index is 406. The summed E-state index contributed by atoms with van der Waals surface area (Å²) >= 11 is 3.47. The van der Waals surface area contributed by atoms with E-state index in [0.717, 1.165) is 28.1 Å². The number of rotatable bonds is 1. The Labute approximate surface area is 110 Å². The molecule has 4 saturated carbocycles. The minimum Gasteiger partial charge on any atom is -0.381 e. The van der Waals surface area contributed by atoms with Gasteiger partial charge in [-0.3, -0.25) is 4.68 Å². The number of aromatic nitrogens is 2. The van der Waals surface area contributed by atoms with Crippen LogP contribution in [0, 0.1) is 23.7 Å². The van der Waals surface area contributed by atoms with E-state index in [9.17, 15) is 0 Å². The van der Waals surface area contributed by atoms with Crippen molar-refractivity contribution in [2.75, 3.05) is 5.73 Å². The van der Waals surface area contributed by atoms with Crippen molar-refractivity contribution < 1.29 is 0 Å². The smallest absolute Gasteiger partial charge is 0.159 e. The second-order valence-electron chi connectivity index (χ2n) is 6.26. The normalized spacial score (nSPS) is 43.2. The zero-order valence-corrected chi connectivity index (χ0v) is 11.4. The lowest BCUT2D eigenvalue weighted by Crippen LogP contribution is -2.46. The molecule has 3 nitrogen and oxygen atoms in total. The largest absolute Gasteiger partial charge is 0.381 e. The summed E-state index contributed by atoms with van der Waals surface area (Å²) in [6, 6.07) is 0.622. The summed E-state index contributed by atoms with van der Waals surface area (Å²) in [5, 5.41) is 4.50. The fraction of sp³-hybridized carbons (Fsp3) is 0.769. The maximum absolute atomic E-state index is 5.85. The SMILES string of the molecule is Nc1nn(C2C3CC4CC(C3)CC2C4)cc1Br. The highest BCUT2D eigenvalue weighted by Gasteiger charge is 2.49. The predicted molar refractivity (Wildman–Crippen MR) is 70.4 cm³/mol. The van der Waals surface area contributed by atoms with E-state index in [2.05, 4.69) is 31.9 Å². The number of nitrogens with two attached hydrogens (primary N) is 1. The van der Waals surface area contributed by atoms with E-state index in [4.69, 9.17) is 5.73 Å². The molecular formula is C13H18BrN3. The summed E-state index contributed by atoms with van der Waals surface area (Å²) in [4.78, 5) is 0. The van der Waals surface area contributed by atoms with Crippen molar-refractivity contribution in [3.05, 3.63) is 10.7 Å². The molecule has 92 valence electrons. The summed E-state index contributed by atoms with van der Waals surface area (Å²) < 4.78 is 3.11. The van der Waals surface area contributed by atoms with Gasteiger partial charge < -0.3 is 5.73 Å². The molecule has 0 aliphatic heterocycles. The van der Waals surface area contributed by atoms with Crippen LogP contribution < -0.4 is 5.73 Å². The van der Waals surface area contributed by atoms with Crippen LogP contribution >= 0.6 is 15.9 Å². The van der Waals surface area contributed by atoms with Crippen molar-refractivity contribution >= 4 is 21.7 Å². The van der Waals surface area contributed by atoms with Gasteiger partial charge in [0.2, 0.25) is 0 Å². The number of hydrogen-bond donors (Lipinski definition) is 1. The Morgan fingerprint density at radius 3 is 2.18 bits per heavy atom. The molecule has 1 aromatic rings. The van der Waals surface area contributed by atoms with Crippen LogP contribution in [0.5, 0.6) is 0 Å². The van der Waals surface area contributed by atoms with Crippen molar-refractivity contribution in [1.29, 1.82) is 0 Å². The Hall–Kier alpha value is -0.510. The first-order chi connectivity index (χ1) is 8.20. The Balaban J connectivity index is 1.70. The lowest BCUT2D eigenvalue weighted by atomic mass is 9.54. The average Bonchev–Trinajstić information content (AvgIpc) is 2.57. The molecule has 4 bridgehead atoms. The third-order valence-electron chi connectivity index (χ3n) is 5.20. The van der Waals surface area contributed by atoms with Crippen LogP contribution in [0.4, 0.5) is 5.82 Å². The number of anilines is 1. The molecule has 0 aromatic carbocycles. The quantitative estimate of drug-likeness (QED) is 0.864. The molecule has 17 heavy (non-hydrogen) atoms. The number of halogens is 1. The van der Waals surface area contributed by atoms with Gasteiger partial charge >= 0.3 is 0 Å². The van der Waals surface area contributed by atoms with E-state index in [1.54, 1.807) is 0 Å². The van der Waals surface area contributed by atoms with Crippen molar-refractivity contribution in [3.63, 3.8) is 0 Å². The Morgan fingerprint density at radius 1 is 1.12 bits per heavy atom. The Kier molecular flexibility index (Phi) is 2.14. The zero-order valence-electron chi connectivity index (χ0n) is 9.85. The maximum atomic E-state index is 5.85. The van der Waals surface area contributed by atoms with Crippen LogP contribution in [0.25, 0.3) is 0 Å². The molecule has 4 heteroatoms. The Morgan fingerprint density at radius 2 is 1.71 bits per heavy atom. The molecule has 5 rings (SSSR count). The third-order valence-corrected chi connectivity index (χ3v) is 5.81. The van der Waals surface area contributed by atoms with Gasteiger partial charge in [-0.05, 0) is 71.7 Å². The number of nitrogens with zero attached hydrogens (tertiary/aromatic N) is 2. The molecule has 0 amide bonds. The molecule has 1 aromatic heterocycles. The van der Waals surface area contributed by atoms with Gasteiger partial charge in [-0.15, -0.1) is 0 Å². The van der Waals surface area contributed by atoms with Gasteiger partial charge in [0.05, 0.1) is 10.5 Å². The minimum absolute atomic E-state index is 0.622. The fourth-order valence-corrected chi connectivity index (χ4v) is 5.15. The predicted octanol–water partition coefficient (Wildman–Crippen LogP) is 3.23. The van der Waals surface area contributed by atoms with Crippen LogP contribution in [0.3, 0.4) is 0 Å². The summed E-state index contributed by atoms with van der Waals surface area (Å²) in [7, 11) is 0. The van der Waals surface area contributed by atoms with E-state index < -0.39 is 0 Å². The fourth-order valence-electron chi connectivity index (χ4n) is 4.86. The lowest BCUT2D eigenvalue weighted by Gasteiger charge is -2.54. The first-order valence-electron chi connectivity index (χ1n) is 6.71. The van der Waals surface area contributed by atoms with Gasteiger partial charge in [0.25, 0.3) is 0 Å². The molecule has 1 heterocycles. The van der Waals surface area contributed by atoms with Gasteiger partial charge in [0.1, 0.15) is 0 Å². The van der Waals surface area contributed by atoms with Crippen LogP contribution in [0.15, 0.2) is 10.7 Å². The van der Waals surface area contributed by atoms with Crippen molar-refractivity contribution in [1.82, 2.24) is 9.78 Å². The van der Waals surface area contributed by atoms with Gasteiger partial charge in [0, 0.05) is 6.20 Å². The second kappa shape index (κ2) is 3.50. The molecule has 0 spiro atoms. The zero-order chi connectivity index (χ0) is 11.6. The van der Waals surface area contributed by atoms with Crippen molar-refractivity contribution in [2.45, 2.75) is 38.1 Å². The van der Waals surface area contributed by atoms with Crippen LogP contribution in [0.2, 0.25) is 0 Å². The highest BCUT2D eigenvalue weighted by Crippen LogP contribution is 2.58. The van der Waals surface area contributed by atoms with Gasteiger partial charge in [-0.25, -0.2) is 0 Å². The second-order valence-corrected chi connectivity index (χ2v) is 7.12. The van der Waals surface area contributed by atoms with Gasteiger partial charge in [-0.2, -0.15) is 5.10 Å². The maximum Gasteiger partial charge on any atom is 0.159 e. The molecule has 0 atom stereocenters. The van der Waals surface area contributed by atoms with E-state index in [1.165, 1.54) is 32.1 Å². The van der Waals surface area contributed by atoms with Gasteiger partial charge in [0.15, 0.2) is 5.82 Å². The van der Waals surface area contributed by atoms with E-state index >= 15 is 0 Å². The average molecular weight is 296 g/mol. The molecule has 0 radical (unpaired) electrons. The molecule has 4 aliphatic carbocycles. The third kappa shape index (κ3) is 1.49. The van der Waals surface area contributed by atoms with E-state index in [1.807, 2.05) is 0 Å². The lowest BCUT2D eigenvalue weighted by molar-refractivity contribution is -0.0335. The molecule has 4 aliphatic rings. The summed E-state index contributed by atoms with van der Waals surface area (Å²) in [6.07, 6.45) is 9.29. The summed E-state index contributed by atoms with van der Waals surface area (Å²) in [5.74, 6) is 4.39. The van der Waals surface area contributed by atoms with E-state index in [0.29, 0.717) is 11.9 Å². The number of nitrogen functional groups attached to an aromatic ring is 1. The molecule has 4 fully saturated rings. The van der Waals surface area contributed by atoms with Gasteiger partial charge in [-0.1, -0.05) is 0 Å². The summed E-state index contributed by atoms with van der Waals surface area (Å²) in [6.45, 7) is 0. The van der Waals surface area contributed by atoms with Crippen molar-refractivity contribution in [2.24, 2.45) is 23.7 Å². The molecule has 0 unspecified atom stereocenters. The highest BCUT2D eigenvalue weighted by molar-refractivity contribution is 9.10.